The minimum Gasteiger partial charge on any atom is -0.271 e. The summed E-state index contributed by atoms with van der Waals surface area (Å²) in [6.45, 7) is 4.19. The predicted molar refractivity (Wildman–Crippen MR) is 58.9 cm³/mol. The van der Waals surface area contributed by atoms with Gasteiger partial charge >= 0.3 is 0 Å². The van der Waals surface area contributed by atoms with Gasteiger partial charge < -0.3 is 0 Å². The fourth-order valence-electron chi connectivity index (χ4n) is 1.24. The second-order valence-electron chi connectivity index (χ2n) is 3.14. The summed E-state index contributed by atoms with van der Waals surface area (Å²) in [7, 11) is 0. The fourth-order valence-corrected chi connectivity index (χ4v) is 1.92. The number of rotatable bonds is 1. The van der Waals surface area contributed by atoms with Crippen LogP contribution in [0.3, 0.4) is 0 Å². The highest BCUT2D eigenvalue weighted by atomic mass is 32.1. The van der Waals surface area contributed by atoms with Gasteiger partial charge in [-0.15, -0.1) is 0 Å². The molecule has 0 saturated heterocycles. The Balaban J connectivity index is 2.34. The van der Waals surface area contributed by atoms with Gasteiger partial charge in [-0.25, -0.2) is 0 Å². The van der Waals surface area contributed by atoms with Crippen LogP contribution in [0.15, 0.2) is 35.4 Å². The summed E-state index contributed by atoms with van der Waals surface area (Å²) < 4.78 is 0. The molecule has 0 spiro atoms. The summed E-state index contributed by atoms with van der Waals surface area (Å²) in [5.41, 5.74) is 3.70. The maximum Gasteiger partial charge on any atom is 0.0544 e. The molecule has 2 rings (SSSR count). The Bertz CT molecular complexity index is 406. The third-order valence-electron chi connectivity index (χ3n) is 2.02. The van der Waals surface area contributed by atoms with Crippen molar-refractivity contribution in [2.24, 2.45) is 0 Å². The van der Waals surface area contributed by atoms with E-state index in [1.807, 2.05) is 0 Å². The van der Waals surface area contributed by atoms with E-state index in [1.54, 1.807) is 11.2 Å². The molecule has 1 heterocycles. The van der Waals surface area contributed by atoms with Crippen LogP contribution in [-0.4, -0.2) is 0 Å². The normalized spacial score (nSPS) is 14.3. The first-order valence-electron chi connectivity index (χ1n) is 4.22. The zero-order valence-electron chi connectivity index (χ0n) is 7.74. The highest BCUT2D eigenvalue weighted by molar-refractivity contribution is 7.92. The topological polar surface area (TPSA) is 3.24 Å². The predicted octanol–water partition coefficient (Wildman–Crippen LogP) is 3.33. The third-order valence-corrected chi connectivity index (χ3v) is 2.77. The molecule has 1 aliphatic heterocycles. The summed E-state index contributed by atoms with van der Waals surface area (Å²) in [5.74, 6) is 0. The first kappa shape index (κ1) is 8.36. The van der Waals surface area contributed by atoms with Crippen molar-refractivity contribution in [3.8, 4) is 5.31 Å². The number of hydrogen-bond donors (Lipinski definition) is 0. The average Bonchev–Trinajstić information content (AvgIpc) is 2.53. The zero-order chi connectivity index (χ0) is 9.26. The largest absolute Gasteiger partial charge is 0.271 e. The molecule has 0 N–H and O–H groups in total. The molecule has 0 unspecified atom stereocenters. The lowest BCUT2D eigenvalue weighted by atomic mass is 10.2. The van der Waals surface area contributed by atoms with E-state index in [0.29, 0.717) is 0 Å². The van der Waals surface area contributed by atoms with Gasteiger partial charge in [-0.1, -0.05) is 28.9 Å². The van der Waals surface area contributed by atoms with Crippen molar-refractivity contribution in [1.82, 2.24) is 0 Å². The molecule has 0 amide bonds. The summed E-state index contributed by atoms with van der Waals surface area (Å²) in [5, 5.41) is 5.30. The van der Waals surface area contributed by atoms with Crippen LogP contribution in [0.1, 0.15) is 12.5 Å². The lowest BCUT2D eigenvalue weighted by Crippen LogP contribution is -2.10. The van der Waals surface area contributed by atoms with E-state index in [1.165, 1.54) is 16.9 Å². The fraction of sp³-hybridized carbons (Fsp3) is 0.182. The molecular weight excluding hydrogens is 178 g/mol. The molecule has 0 aliphatic carbocycles. The molecule has 0 atom stereocenters. The smallest absolute Gasteiger partial charge is 0.0544 e. The van der Waals surface area contributed by atoms with Crippen LogP contribution in [0, 0.1) is 12.2 Å². The maximum atomic E-state index is 3.20. The van der Waals surface area contributed by atoms with E-state index in [4.69, 9.17) is 0 Å². The van der Waals surface area contributed by atoms with Gasteiger partial charge in [0, 0.05) is 16.4 Å². The van der Waals surface area contributed by atoms with Crippen LogP contribution in [-0.2, 0) is 0 Å². The second kappa shape index (κ2) is 3.25. The summed E-state index contributed by atoms with van der Waals surface area (Å²) in [6, 6.07) is 8.47. The van der Waals surface area contributed by atoms with Crippen molar-refractivity contribution < 1.29 is 0 Å². The SMILES string of the molecule is CC1=CS#CN1c1ccc(C)cc1. The van der Waals surface area contributed by atoms with Crippen molar-refractivity contribution in [1.29, 1.82) is 0 Å². The number of anilines is 1. The summed E-state index contributed by atoms with van der Waals surface area (Å²) >= 11 is 1.60. The lowest BCUT2D eigenvalue weighted by molar-refractivity contribution is 1.20. The third kappa shape index (κ3) is 1.59. The van der Waals surface area contributed by atoms with Gasteiger partial charge in [-0.3, -0.25) is 4.90 Å². The molecule has 2 heteroatoms. The Hall–Kier alpha value is -1.24. The van der Waals surface area contributed by atoms with Crippen LogP contribution >= 0.6 is 11.2 Å². The maximum absolute atomic E-state index is 3.20. The van der Waals surface area contributed by atoms with E-state index in [9.17, 15) is 0 Å². The Morgan fingerprint density at radius 2 is 1.85 bits per heavy atom. The van der Waals surface area contributed by atoms with Gasteiger partial charge in [0.2, 0.25) is 0 Å². The van der Waals surface area contributed by atoms with Crippen LogP contribution in [0.5, 0.6) is 0 Å². The molecule has 0 radical (unpaired) electrons. The Morgan fingerprint density at radius 1 is 1.15 bits per heavy atom. The molecular formula is C11H11NS. The van der Waals surface area contributed by atoms with Crippen molar-refractivity contribution in [3.63, 3.8) is 0 Å². The second-order valence-corrected chi connectivity index (χ2v) is 3.79. The van der Waals surface area contributed by atoms with Gasteiger partial charge in [-0.2, -0.15) is 0 Å². The van der Waals surface area contributed by atoms with Crippen molar-refractivity contribution in [2.75, 3.05) is 4.90 Å². The number of nitrogens with zero attached hydrogens (tertiary/aromatic N) is 1. The Morgan fingerprint density at radius 3 is 2.38 bits per heavy atom. The summed E-state index contributed by atoms with van der Waals surface area (Å²) in [6.07, 6.45) is 0. The molecule has 1 nitrogen and oxygen atoms in total. The first-order chi connectivity index (χ1) is 6.27. The molecule has 1 aromatic carbocycles. The number of aryl methyl sites for hydroxylation is 1. The number of benzene rings is 1. The molecule has 0 aromatic heterocycles. The van der Waals surface area contributed by atoms with Crippen molar-refractivity contribution >= 4 is 16.9 Å². The van der Waals surface area contributed by atoms with Crippen LogP contribution in [0.4, 0.5) is 5.69 Å². The van der Waals surface area contributed by atoms with Crippen LogP contribution < -0.4 is 4.90 Å². The quantitative estimate of drug-likeness (QED) is 0.655. The van der Waals surface area contributed by atoms with E-state index >= 15 is 0 Å². The Kier molecular flexibility index (Phi) is 2.09. The van der Waals surface area contributed by atoms with Gasteiger partial charge in [0.05, 0.1) is 5.69 Å². The van der Waals surface area contributed by atoms with E-state index < -0.39 is 0 Å². The van der Waals surface area contributed by atoms with E-state index in [2.05, 4.69) is 53.7 Å². The van der Waals surface area contributed by atoms with Gasteiger partial charge in [0.15, 0.2) is 0 Å². The number of hydrogen-bond acceptors (Lipinski definition) is 1. The van der Waals surface area contributed by atoms with Gasteiger partial charge in [-0.05, 0) is 26.0 Å². The van der Waals surface area contributed by atoms with E-state index in [-0.39, 0.29) is 0 Å². The molecule has 1 aromatic rings. The van der Waals surface area contributed by atoms with Crippen LogP contribution in [0.25, 0.3) is 0 Å². The minimum absolute atomic E-state index is 1.18. The monoisotopic (exact) mass is 189 g/mol. The van der Waals surface area contributed by atoms with Crippen molar-refractivity contribution in [3.05, 3.63) is 40.9 Å². The average molecular weight is 189 g/mol. The highest BCUT2D eigenvalue weighted by Gasteiger charge is 2.07. The number of allylic oxidation sites excluding steroid dienone is 1. The first-order valence-corrected chi connectivity index (χ1v) is 5.10. The van der Waals surface area contributed by atoms with Crippen LogP contribution in [0.2, 0.25) is 0 Å². The van der Waals surface area contributed by atoms with Gasteiger partial charge in [0.25, 0.3) is 0 Å². The molecule has 0 fully saturated rings. The standard InChI is InChI=1S/C11H11NS/c1-9-3-5-11(6-4-9)12-8-13-7-10(12)2/h3-7H,1-2H3. The molecule has 66 valence electrons. The Labute approximate surface area is 82.3 Å². The minimum atomic E-state index is 1.18. The van der Waals surface area contributed by atoms with Crippen molar-refractivity contribution in [2.45, 2.75) is 13.8 Å². The van der Waals surface area contributed by atoms with E-state index in [0.717, 1.165) is 0 Å². The molecule has 0 bridgehead atoms. The molecule has 0 saturated carbocycles. The molecule has 13 heavy (non-hydrogen) atoms. The molecule has 1 aliphatic rings. The lowest BCUT2D eigenvalue weighted by Gasteiger charge is -2.14. The zero-order valence-corrected chi connectivity index (χ0v) is 8.56. The van der Waals surface area contributed by atoms with Gasteiger partial charge in [0.1, 0.15) is 0 Å². The summed E-state index contributed by atoms with van der Waals surface area (Å²) in [4.78, 5) is 2.07. The highest BCUT2D eigenvalue weighted by Crippen LogP contribution is 2.22.